The first-order chi connectivity index (χ1) is 59.5. The SMILES string of the molecule is c1ccc(-c2nc(-c3ccc(-n4c5cc6ccccc6cc5c5c(-n6c7ccccc7c7cc8ccccc8cc76)cccc54)cc3)c3ccccc3n2)cc1.c1ccc2cc(-c3nc(-c4ccc(-n5c6cc7ccccc7cc6c6c(-n7c8ccccc8c8cc9ccccc9cc87)cccc65)c5ccccc45)c4ccccc4n3)ccc2c1. The van der Waals surface area contributed by atoms with Gasteiger partial charge in [0.25, 0.3) is 0 Å². The third-order valence-electron chi connectivity index (χ3n) is 24.9. The first-order valence-electron chi connectivity index (χ1n) is 41.0. The van der Waals surface area contributed by atoms with Crippen LogP contribution in [0, 0.1) is 0 Å². The second-order valence-corrected chi connectivity index (χ2v) is 31.6. The van der Waals surface area contributed by atoms with Crippen molar-refractivity contribution in [2.75, 3.05) is 0 Å². The number of rotatable bonds is 8. The van der Waals surface area contributed by atoms with Crippen LogP contribution in [0.15, 0.2) is 413 Å². The predicted molar refractivity (Wildman–Crippen MR) is 503 cm³/mol. The molecule has 0 N–H and O–H groups in total. The summed E-state index contributed by atoms with van der Waals surface area (Å²) in [6, 6.07) is 149. The summed E-state index contributed by atoms with van der Waals surface area (Å²) in [6.07, 6.45) is 0. The molecule has 0 aliphatic rings. The van der Waals surface area contributed by atoms with Gasteiger partial charge in [0, 0.05) is 87.2 Å². The second kappa shape index (κ2) is 26.7. The Morgan fingerprint density at radius 3 is 1.07 bits per heavy atom. The molecule has 0 amide bonds. The Hall–Kier alpha value is -16.2. The van der Waals surface area contributed by atoms with Crippen molar-refractivity contribution in [1.29, 1.82) is 0 Å². The molecule has 556 valence electrons. The molecule has 0 aliphatic carbocycles. The summed E-state index contributed by atoms with van der Waals surface area (Å²) < 4.78 is 9.90. The van der Waals surface area contributed by atoms with Crippen LogP contribution in [0.2, 0.25) is 0 Å². The average molecular weight is 1530 g/mol. The van der Waals surface area contributed by atoms with E-state index in [0.29, 0.717) is 5.82 Å². The maximum atomic E-state index is 5.41. The quantitative estimate of drug-likeness (QED) is 0.152. The van der Waals surface area contributed by atoms with Gasteiger partial charge in [-0.2, -0.15) is 0 Å². The van der Waals surface area contributed by atoms with Gasteiger partial charge in [0.2, 0.25) is 0 Å². The Bertz CT molecular complexity index is 8810. The van der Waals surface area contributed by atoms with Gasteiger partial charge in [-0.05, 0) is 181 Å². The van der Waals surface area contributed by atoms with Gasteiger partial charge in [0.05, 0.1) is 83.6 Å². The summed E-state index contributed by atoms with van der Waals surface area (Å²) in [5, 5.41) is 26.4. The molecule has 0 saturated carbocycles. The lowest BCUT2D eigenvalue weighted by atomic mass is 9.97. The molecule has 8 heteroatoms. The third kappa shape index (κ3) is 10.5. The monoisotopic (exact) mass is 1520 g/mol. The minimum Gasteiger partial charge on any atom is -0.309 e. The van der Waals surface area contributed by atoms with E-state index in [1.54, 1.807) is 0 Å². The predicted octanol–water partition coefficient (Wildman–Crippen LogP) is 29.2. The summed E-state index contributed by atoms with van der Waals surface area (Å²) >= 11 is 0. The first-order valence-corrected chi connectivity index (χ1v) is 41.0. The standard InChI is InChI=1S/C60H36N4.C52H32N4/c1-2-15-38-32-43(29-28-37(38)14-1)60-61-51-24-11-9-23-48(51)59(62-60)47-30-31-53(45-21-8-7-20-44(45)47)64-55-27-13-26-54(58(55)50-34-40-17-4-6-19-42(40)36-57(50)64)63-52-25-12-10-22-46(52)49-33-39-16-3-5-18-41(39)35-56(49)63;1-2-13-34(14-3-1)52-53-44-21-10-8-20-41(44)51(54-52)33-25-27-39(28-26-33)55-46-23-12-24-47(50(46)43-30-36-16-5-7-18-38(36)32-49(43)55)56-45-22-11-9-19-40(45)42-29-35-15-4-6-17-37(35)31-48(42)56/h1-36H;1-32H. The number of hydrogen-bond acceptors (Lipinski definition) is 4. The summed E-state index contributed by atoms with van der Waals surface area (Å²) in [5.41, 5.74) is 21.8. The fourth-order valence-corrected chi connectivity index (χ4v) is 19.4. The van der Waals surface area contributed by atoms with Crippen molar-refractivity contribution in [3.8, 4) is 68.0 Å². The Kier molecular flexibility index (Phi) is 15.0. The average Bonchev–Trinajstić information content (AvgIpc) is 1.54. The van der Waals surface area contributed by atoms with E-state index in [0.717, 1.165) is 106 Å². The normalized spacial score (nSPS) is 12.0. The van der Waals surface area contributed by atoms with Crippen molar-refractivity contribution < 1.29 is 0 Å². The van der Waals surface area contributed by atoms with Gasteiger partial charge in [-0.3, -0.25) is 0 Å². The topological polar surface area (TPSA) is 71.3 Å². The largest absolute Gasteiger partial charge is 0.309 e. The highest BCUT2D eigenvalue weighted by atomic mass is 15.0. The lowest BCUT2D eigenvalue weighted by molar-refractivity contribution is 1.17. The van der Waals surface area contributed by atoms with E-state index >= 15 is 0 Å². The number of nitrogens with zero attached hydrogens (tertiary/aromatic N) is 8. The van der Waals surface area contributed by atoms with Crippen LogP contribution in [0.25, 0.3) is 242 Å². The van der Waals surface area contributed by atoms with E-state index in [2.05, 4.69) is 407 Å². The Balaban J connectivity index is 0.000000134. The smallest absolute Gasteiger partial charge is 0.160 e. The molecule has 0 saturated heterocycles. The van der Waals surface area contributed by atoms with Crippen LogP contribution in [-0.4, -0.2) is 38.2 Å². The molecule has 120 heavy (non-hydrogen) atoms. The Labute approximate surface area is 687 Å². The molecule has 0 unspecified atom stereocenters. The van der Waals surface area contributed by atoms with Crippen molar-refractivity contribution in [3.63, 3.8) is 0 Å². The summed E-state index contributed by atoms with van der Waals surface area (Å²) in [6.45, 7) is 0. The van der Waals surface area contributed by atoms with Crippen LogP contribution in [0.1, 0.15) is 0 Å². The van der Waals surface area contributed by atoms with Gasteiger partial charge < -0.3 is 18.3 Å². The Morgan fingerprint density at radius 2 is 0.533 bits per heavy atom. The highest BCUT2D eigenvalue weighted by molar-refractivity contribution is 6.23. The summed E-state index contributed by atoms with van der Waals surface area (Å²) in [7, 11) is 0. The minimum atomic E-state index is 0.715. The van der Waals surface area contributed by atoms with E-state index in [1.807, 2.05) is 24.3 Å². The van der Waals surface area contributed by atoms with Crippen molar-refractivity contribution in [2.24, 2.45) is 0 Å². The lowest BCUT2D eigenvalue weighted by Crippen LogP contribution is -1.99. The lowest BCUT2D eigenvalue weighted by Gasteiger charge is -2.16. The third-order valence-corrected chi connectivity index (χ3v) is 24.9. The number of fused-ring (bicyclic) bond motifs is 20. The zero-order valence-electron chi connectivity index (χ0n) is 64.8. The molecule has 6 aromatic heterocycles. The van der Waals surface area contributed by atoms with Gasteiger partial charge in [-0.25, -0.2) is 19.9 Å². The zero-order valence-corrected chi connectivity index (χ0v) is 64.8. The van der Waals surface area contributed by atoms with Crippen molar-refractivity contribution in [2.45, 2.75) is 0 Å². The minimum absolute atomic E-state index is 0.715. The van der Waals surface area contributed by atoms with Crippen LogP contribution in [-0.2, 0) is 0 Å². The van der Waals surface area contributed by atoms with Crippen molar-refractivity contribution in [1.82, 2.24) is 38.2 Å². The zero-order chi connectivity index (χ0) is 78.6. The first kappa shape index (κ1) is 67.2. The molecule has 20 aromatic carbocycles. The van der Waals surface area contributed by atoms with Gasteiger partial charge >= 0.3 is 0 Å². The molecule has 26 rings (SSSR count). The van der Waals surface area contributed by atoms with E-state index in [1.165, 1.54) is 130 Å². The van der Waals surface area contributed by atoms with E-state index < -0.39 is 0 Å². The van der Waals surface area contributed by atoms with E-state index in [-0.39, 0.29) is 0 Å². The number of benzene rings is 20. The van der Waals surface area contributed by atoms with Gasteiger partial charge in [-0.15, -0.1) is 0 Å². The van der Waals surface area contributed by atoms with Crippen LogP contribution in [0.4, 0.5) is 0 Å². The van der Waals surface area contributed by atoms with Crippen LogP contribution >= 0.6 is 0 Å². The fourth-order valence-electron chi connectivity index (χ4n) is 19.4. The van der Waals surface area contributed by atoms with E-state index in [9.17, 15) is 0 Å². The highest BCUT2D eigenvalue weighted by Crippen LogP contribution is 2.47. The van der Waals surface area contributed by atoms with Gasteiger partial charge in [-0.1, -0.05) is 291 Å². The molecule has 26 aromatic rings. The molecule has 6 heterocycles. The van der Waals surface area contributed by atoms with Crippen LogP contribution in [0.5, 0.6) is 0 Å². The van der Waals surface area contributed by atoms with Crippen LogP contribution < -0.4 is 0 Å². The van der Waals surface area contributed by atoms with Crippen LogP contribution in [0.3, 0.4) is 0 Å². The van der Waals surface area contributed by atoms with Crippen molar-refractivity contribution in [3.05, 3.63) is 413 Å². The van der Waals surface area contributed by atoms with Crippen molar-refractivity contribution >= 4 is 174 Å². The molecular formula is C112H68N8. The molecule has 0 bridgehead atoms. The molecule has 0 fully saturated rings. The van der Waals surface area contributed by atoms with Gasteiger partial charge in [0.1, 0.15) is 0 Å². The molecule has 0 aliphatic heterocycles. The Morgan fingerprint density at radius 1 is 0.167 bits per heavy atom. The number of aromatic nitrogens is 8. The molecule has 0 radical (unpaired) electrons. The number of hydrogen-bond donors (Lipinski definition) is 0. The highest BCUT2D eigenvalue weighted by Gasteiger charge is 2.26. The fraction of sp³-hybridized carbons (Fsp3) is 0. The molecule has 8 nitrogen and oxygen atoms in total. The maximum Gasteiger partial charge on any atom is 0.160 e. The molecular weight excluding hydrogens is 1460 g/mol. The summed E-state index contributed by atoms with van der Waals surface area (Å²) in [4.78, 5) is 20.7. The number of para-hydroxylation sites is 4. The molecule has 0 spiro atoms. The molecule has 0 atom stereocenters. The van der Waals surface area contributed by atoms with E-state index in [4.69, 9.17) is 19.9 Å². The van der Waals surface area contributed by atoms with Gasteiger partial charge in [0.15, 0.2) is 11.6 Å². The summed E-state index contributed by atoms with van der Waals surface area (Å²) in [5.74, 6) is 1.44. The maximum absolute atomic E-state index is 5.41. The second-order valence-electron chi connectivity index (χ2n) is 31.6.